The summed E-state index contributed by atoms with van der Waals surface area (Å²) in [5.41, 5.74) is 0.907. The van der Waals surface area contributed by atoms with E-state index in [-0.39, 0.29) is 38.3 Å². The van der Waals surface area contributed by atoms with Gasteiger partial charge in [0.25, 0.3) is 0 Å². The first kappa shape index (κ1) is 14.6. The van der Waals surface area contributed by atoms with Crippen LogP contribution in [0.25, 0.3) is 0 Å². The predicted molar refractivity (Wildman–Crippen MR) is 46.6 cm³/mol. The number of rotatable bonds is 0. The summed E-state index contributed by atoms with van der Waals surface area (Å²) in [6.45, 7) is 5.85. The maximum Gasteiger partial charge on any atom is 0.167 e. The minimum Gasteiger partial charge on any atom is -0.352 e. The monoisotopic (exact) mass is 241 g/mol. The second-order valence-electron chi connectivity index (χ2n) is 2.05. The van der Waals surface area contributed by atoms with E-state index in [9.17, 15) is 4.79 Å². The number of aromatic nitrogens is 1. The summed E-state index contributed by atoms with van der Waals surface area (Å²) in [6, 6.07) is 4.46. The molecule has 0 aliphatic rings. The van der Waals surface area contributed by atoms with Gasteiger partial charge in [-0.25, -0.2) is 11.6 Å². The van der Waals surface area contributed by atoms with Gasteiger partial charge in [-0.2, -0.15) is 0 Å². The predicted octanol–water partition coefficient (Wildman–Crippen LogP) is 1.52. The third-order valence-corrected chi connectivity index (χ3v) is 1.17. The van der Waals surface area contributed by atoms with Gasteiger partial charge >= 0.3 is 0 Å². The summed E-state index contributed by atoms with van der Waals surface area (Å²) in [4.78, 5) is 10.8. The summed E-state index contributed by atoms with van der Waals surface area (Å²) in [6.07, 6.45) is 1.64. The van der Waals surface area contributed by atoms with E-state index in [0.717, 1.165) is 5.56 Å². The van der Waals surface area contributed by atoms with Crippen molar-refractivity contribution in [1.29, 1.82) is 0 Å². The minimum atomic E-state index is 0. The Bertz CT molecular complexity index is 267. The van der Waals surface area contributed by atoms with Gasteiger partial charge < -0.3 is 4.57 Å². The fourth-order valence-corrected chi connectivity index (χ4v) is 0.591. The molecule has 2 nitrogen and oxygen atoms in total. The van der Waals surface area contributed by atoms with Crippen LogP contribution in [0.4, 0.5) is 0 Å². The Morgan fingerprint density at radius 1 is 1.42 bits per heavy atom. The van der Waals surface area contributed by atoms with Gasteiger partial charge in [0.05, 0.1) is 0 Å². The van der Waals surface area contributed by atoms with E-state index in [0.29, 0.717) is 0 Å². The van der Waals surface area contributed by atoms with E-state index in [1.54, 1.807) is 19.3 Å². The van der Waals surface area contributed by atoms with E-state index in [1.807, 2.05) is 20.8 Å². The third-order valence-electron chi connectivity index (χ3n) is 1.17. The van der Waals surface area contributed by atoms with Crippen LogP contribution in [-0.4, -0.2) is 4.57 Å². The zero-order valence-corrected chi connectivity index (χ0v) is 10.9. The molecule has 0 unspecified atom stereocenters. The molecule has 0 bridgehead atoms. The molecular weight excluding hydrogens is 227 g/mol. The van der Waals surface area contributed by atoms with Crippen LogP contribution in [0.3, 0.4) is 0 Å². The average Bonchev–Trinajstić information content (AvgIpc) is 2.02. The van der Waals surface area contributed by atoms with Crippen molar-refractivity contribution in [2.24, 2.45) is 7.05 Å². The van der Waals surface area contributed by atoms with E-state index in [2.05, 4.69) is 6.07 Å². The van der Waals surface area contributed by atoms with Crippen molar-refractivity contribution < 1.29 is 32.7 Å². The quantitative estimate of drug-likeness (QED) is 0.631. The summed E-state index contributed by atoms with van der Waals surface area (Å²) in [5, 5.41) is 0. The van der Waals surface area contributed by atoms with Crippen molar-refractivity contribution in [1.82, 2.24) is 4.57 Å². The van der Waals surface area contributed by atoms with Gasteiger partial charge in [0.1, 0.15) is 0 Å². The largest absolute Gasteiger partial charge is 0.352 e. The van der Waals surface area contributed by atoms with Gasteiger partial charge in [-0.15, -0.1) is 6.07 Å². The molecule has 0 atom stereocenters. The molecule has 0 spiro atoms. The molecule has 1 aromatic rings. The molecule has 12 heavy (non-hydrogen) atoms. The van der Waals surface area contributed by atoms with Crippen molar-refractivity contribution in [3.8, 4) is 0 Å². The van der Waals surface area contributed by atoms with Gasteiger partial charge in [-0.05, 0) is 0 Å². The number of pyridine rings is 1. The van der Waals surface area contributed by atoms with Crippen LogP contribution < -0.4 is 5.56 Å². The van der Waals surface area contributed by atoms with E-state index in [1.165, 1.54) is 4.57 Å². The maximum atomic E-state index is 10.8. The zero-order chi connectivity index (χ0) is 8.85. The second kappa shape index (κ2) is 7.69. The molecule has 0 saturated heterocycles. The third kappa shape index (κ3) is 4.84. The van der Waals surface area contributed by atoms with Gasteiger partial charge in [0, 0.05) is 39.8 Å². The molecule has 0 N–H and O–H groups in total. The van der Waals surface area contributed by atoms with Gasteiger partial charge in [-0.3, -0.25) is 4.79 Å². The Kier molecular flexibility index (Phi) is 9.34. The SMILES string of the molecule is CC.Cc1[c-]cn(C)c(=O)c1.[Y]. The Labute approximate surface area is 98.9 Å². The summed E-state index contributed by atoms with van der Waals surface area (Å²) in [7, 11) is 1.71. The van der Waals surface area contributed by atoms with Gasteiger partial charge in [-0.1, -0.05) is 27.0 Å². The Morgan fingerprint density at radius 2 is 1.92 bits per heavy atom. The van der Waals surface area contributed by atoms with Crippen LogP contribution >= 0.6 is 0 Å². The molecule has 0 aromatic carbocycles. The van der Waals surface area contributed by atoms with Crippen LogP contribution in [0.1, 0.15) is 19.4 Å². The molecule has 65 valence electrons. The molecular formula is C9H14NOY-. The molecule has 0 saturated carbocycles. The molecule has 1 aromatic heterocycles. The van der Waals surface area contributed by atoms with Crippen LogP contribution in [-0.2, 0) is 39.8 Å². The molecule has 0 fully saturated rings. The van der Waals surface area contributed by atoms with Crippen LogP contribution in [0.15, 0.2) is 17.1 Å². The molecule has 0 amide bonds. The fraction of sp³-hybridized carbons (Fsp3) is 0.444. The minimum absolute atomic E-state index is 0. The van der Waals surface area contributed by atoms with Crippen molar-refractivity contribution in [3.63, 3.8) is 0 Å². The first-order valence-electron chi connectivity index (χ1n) is 3.75. The van der Waals surface area contributed by atoms with Crippen LogP contribution in [0, 0.1) is 13.0 Å². The topological polar surface area (TPSA) is 22.0 Å². The maximum absolute atomic E-state index is 10.8. The number of nitrogens with zero attached hydrogens (tertiary/aromatic N) is 1. The zero-order valence-electron chi connectivity index (χ0n) is 8.09. The second-order valence-corrected chi connectivity index (χ2v) is 2.05. The normalized spacial score (nSPS) is 7.67. The van der Waals surface area contributed by atoms with Crippen LogP contribution in [0.5, 0.6) is 0 Å². The molecule has 1 heterocycles. The van der Waals surface area contributed by atoms with Crippen molar-refractivity contribution in [3.05, 3.63) is 34.2 Å². The van der Waals surface area contributed by atoms with E-state index in [4.69, 9.17) is 0 Å². The standard InChI is InChI=1S/C7H8NO.C2H6.Y/c1-6-3-4-8(2)7(9)5-6;1-2;/h4-5H,1-2H3;1-2H3;/q-1;;. The molecule has 0 aliphatic heterocycles. The molecule has 1 rings (SSSR count). The summed E-state index contributed by atoms with van der Waals surface area (Å²) in [5.74, 6) is 0. The smallest absolute Gasteiger partial charge is 0.167 e. The fourth-order valence-electron chi connectivity index (χ4n) is 0.591. The molecule has 3 heteroatoms. The summed E-state index contributed by atoms with van der Waals surface area (Å²) >= 11 is 0. The van der Waals surface area contributed by atoms with E-state index < -0.39 is 0 Å². The number of hydrogen-bond donors (Lipinski definition) is 0. The van der Waals surface area contributed by atoms with E-state index >= 15 is 0 Å². The van der Waals surface area contributed by atoms with Crippen LogP contribution in [0.2, 0.25) is 0 Å². The Balaban J connectivity index is 0. The number of aryl methyl sites for hydroxylation is 2. The van der Waals surface area contributed by atoms with Gasteiger partial charge in [0.2, 0.25) is 0 Å². The van der Waals surface area contributed by atoms with Crippen molar-refractivity contribution >= 4 is 0 Å². The van der Waals surface area contributed by atoms with Crippen molar-refractivity contribution in [2.45, 2.75) is 20.8 Å². The van der Waals surface area contributed by atoms with Gasteiger partial charge in [0.15, 0.2) is 5.56 Å². The number of hydrogen-bond acceptors (Lipinski definition) is 1. The van der Waals surface area contributed by atoms with Crippen molar-refractivity contribution in [2.75, 3.05) is 0 Å². The first-order valence-corrected chi connectivity index (χ1v) is 3.75. The Hall–Kier alpha value is 0.0539. The molecule has 0 aliphatic carbocycles. The Morgan fingerprint density at radius 3 is 2.25 bits per heavy atom. The summed E-state index contributed by atoms with van der Waals surface area (Å²) < 4.78 is 1.49. The average molecular weight is 241 g/mol. The first-order chi connectivity index (χ1) is 5.20. The molecule has 1 radical (unpaired) electrons.